The molecule has 0 radical (unpaired) electrons. The fraction of sp³-hybridized carbons (Fsp3) is 0.0476. The van der Waals surface area contributed by atoms with Crippen LogP contribution in [0.15, 0.2) is 72.8 Å². The summed E-state index contributed by atoms with van der Waals surface area (Å²) in [5.74, 6) is -0.911. The van der Waals surface area contributed by atoms with Gasteiger partial charge in [-0.2, -0.15) is 0 Å². The van der Waals surface area contributed by atoms with E-state index >= 15 is 0 Å². The summed E-state index contributed by atoms with van der Waals surface area (Å²) in [6, 6.07) is 23.0. The van der Waals surface area contributed by atoms with Crippen LogP contribution in [0.25, 0.3) is 21.8 Å². The number of aromatic nitrogens is 1. The standard InChI is InChI=1S/C21H16N2O2.ClH/c24-21(25)15-11-9-14(10-12-15)13-22-20-16-5-1-3-7-18(16)23-19-8-4-2-6-17(19)20;/h1-12H,13H2,(H,22,23)(H,24,25);1H. The molecule has 0 aliphatic rings. The van der Waals surface area contributed by atoms with Crippen LogP contribution in [0.1, 0.15) is 15.9 Å². The normalized spacial score (nSPS) is 10.5. The van der Waals surface area contributed by atoms with Crippen LogP contribution in [0, 0.1) is 0 Å². The topological polar surface area (TPSA) is 62.2 Å². The third kappa shape index (κ3) is 3.32. The molecule has 26 heavy (non-hydrogen) atoms. The number of hydrogen-bond acceptors (Lipinski definition) is 3. The lowest BCUT2D eigenvalue weighted by atomic mass is 10.1. The molecule has 0 saturated carbocycles. The first-order chi connectivity index (χ1) is 12.2. The lowest BCUT2D eigenvalue weighted by Gasteiger charge is -2.13. The van der Waals surface area contributed by atoms with E-state index in [1.165, 1.54) is 0 Å². The molecule has 3 aromatic carbocycles. The van der Waals surface area contributed by atoms with Gasteiger partial charge in [0.2, 0.25) is 0 Å². The van der Waals surface area contributed by atoms with Crippen LogP contribution in [-0.4, -0.2) is 16.1 Å². The van der Waals surface area contributed by atoms with Crippen LogP contribution >= 0.6 is 12.4 Å². The van der Waals surface area contributed by atoms with Crippen molar-refractivity contribution in [2.24, 2.45) is 0 Å². The maximum atomic E-state index is 11.0. The number of nitrogens with one attached hydrogen (secondary N) is 1. The molecule has 130 valence electrons. The molecule has 5 heteroatoms. The first-order valence-corrected chi connectivity index (χ1v) is 8.06. The van der Waals surface area contributed by atoms with Crippen molar-refractivity contribution in [3.8, 4) is 0 Å². The Balaban J connectivity index is 0.00000196. The Labute approximate surface area is 156 Å². The van der Waals surface area contributed by atoms with E-state index in [0.717, 1.165) is 33.1 Å². The van der Waals surface area contributed by atoms with Gasteiger partial charge in [0.1, 0.15) is 0 Å². The number of rotatable bonds is 4. The second-order valence-corrected chi connectivity index (χ2v) is 5.88. The molecular formula is C21H17ClN2O2. The highest BCUT2D eigenvalue weighted by Crippen LogP contribution is 2.30. The number of nitrogens with zero attached hydrogens (tertiary/aromatic N) is 1. The van der Waals surface area contributed by atoms with Gasteiger partial charge in [-0.15, -0.1) is 12.4 Å². The third-order valence-electron chi connectivity index (χ3n) is 4.26. The molecular weight excluding hydrogens is 348 g/mol. The number of fused-ring (bicyclic) bond motifs is 2. The second-order valence-electron chi connectivity index (χ2n) is 5.88. The summed E-state index contributed by atoms with van der Waals surface area (Å²) < 4.78 is 0. The predicted molar refractivity (Wildman–Crippen MR) is 107 cm³/mol. The Morgan fingerprint density at radius 1 is 0.846 bits per heavy atom. The zero-order valence-corrected chi connectivity index (χ0v) is 14.7. The molecule has 1 aromatic heterocycles. The van der Waals surface area contributed by atoms with Crippen LogP contribution in [0.2, 0.25) is 0 Å². The fourth-order valence-corrected chi connectivity index (χ4v) is 2.99. The maximum absolute atomic E-state index is 11.0. The van der Waals surface area contributed by atoms with Gasteiger partial charge >= 0.3 is 5.97 Å². The summed E-state index contributed by atoms with van der Waals surface area (Å²) in [4.78, 5) is 15.7. The maximum Gasteiger partial charge on any atom is 0.335 e. The zero-order chi connectivity index (χ0) is 17.2. The summed E-state index contributed by atoms with van der Waals surface area (Å²) in [6.45, 7) is 0.609. The molecule has 0 unspecified atom stereocenters. The molecule has 0 atom stereocenters. The average molecular weight is 365 g/mol. The van der Waals surface area contributed by atoms with Crippen LogP contribution in [0.4, 0.5) is 5.69 Å². The minimum absolute atomic E-state index is 0. The van der Waals surface area contributed by atoms with E-state index in [0.29, 0.717) is 12.1 Å². The van der Waals surface area contributed by atoms with Gasteiger partial charge in [0, 0.05) is 17.3 Å². The third-order valence-corrected chi connectivity index (χ3v) is 4.26. The highest BCUT2D eigenvalue weighted by molar-refractivity contribution is 6.07. The minimum atomic E-state index is -0.911. The molecule has 0 saturated heterocycles. The lowest BCUT2D eigenvalue weighted by Crippen LogP contribution is -2.03. The number of para-hydroxylation sites is 2. The highest BCUT2D eigenvalue weighted by Gasteiger charge is 2.08. The summed E-state index contributed by atoms with van der Waals surface area (Å²) >= 11 is 0. The van der Waals surface area contributed by atoms with E-state index < -0.39 is 5.97 Å². The first-order valence-electron chi connectivity index (χ1n) is 8.06. The van der Waals surface area contributed by atoms with Crippen molar-refractivity contribution < 1.29 is 9.90 Å². The number of benzene rings is 3. The average Bonchev–Trinajstić information content (AvgIpc) is 2.65. The molecule has 4 rings (SSSR count). The van der Waals surface area contributed by atoms with Crippen molar-refractivity contribution >= 4 is 45.9 Å². The van der Waals surface area contributed by atoms with E-state index in [1.807, 2.05) is 48.5 Å². The fourth-order valence-electron chi connectivity index (χ4n) is 2.99. The molecule has 0 spiro atoms. The molecule has 2 N–H and O–H groups in total. The highest BCUT2D eigenvalue weighted by atomic mass is 35.5. The number of hydrogen-bond donors (Lipinski definition) is 2. The van der Waals surface area contributed by atoms with Crippen molar-refractivity contribution in [2.45, 2.75) is 6.54 Å². The second kappa shape index (κ2) is 7.42. The van der Waals surface area contributed by atoms with Crippen molar-refractivity contribution in [1.29, 1.82) is 0 Å². The van der Waals surface area contributed by atoms with Crippen molar-refractivity contribution in [1.82, 2.24) is 4.98 Å². The molecule has 0 aliphatic heterocycles. The van der Waals surface area contributed by atoms with Gasteiger partial charge in [-0.25, -0.2) is 9.78 Å². The van der Waals surface area contributed by atoms with Gasteiger partial charge in [-0.3, -0.25) is 0 Å². The van der Waals surface area contributed by atoms with Crippen molar-refractivity contribution in [3.63, 3.8) is 0 Å². The Kier molecular flexibility index (Phi) is 5.05. The molecule has 4 nitrogen and oxygen atoms in total. The Morgan fingerprint density at radius 3 is 1.92 bits per heavy atom. The van der Waals surface area contributed by atoms with Crippen LogP contribution in [-0.2, 0) is 6.54 Å². The largest absolute Gasteiger partial charge is 0.478 e. The van der Waals surface area contributed by atoms with Gasteiger partial charge in [0.05, 0.1) is 22.3 Å². The summed E-state index contributed by atoms with van der Waals surface area (Å²) in [5.41, 5.74) is 4.26. The van der Waals surface area contributed by atoms with E-state index in [1.54, 1.807) is 12.1 Å². The van der Waals surface area contributed by atoms with E-state index in [4.69, 9.17) is 10.1 Å². The monoisotopic (exact) mass is 364 g/mol. The number of pyridine rings is 1. The number of anilines is 1. The number of carbonyl (C=O) groups is 1. The van der Waals surface area contributed by atoms with Gasteiger partial charge < -0.3 is 10.4 Å². The lowest BCUT2D eigenvalue weighted by molar-refractivity contribution is 0.0697. The number of aromatic carboxylic acids is 1. The summed E-state index contributed by atoms with van der Waals surface area (Å²) in [5, 5.41) is 14.7. The Hall–Kier alpha value is -3.11. The van der Waals surface area contributed by atoms with E-state index in [2.05, 4.69) is 17.4 Å². The van der Waals surface area contributed by atoms with Crippen molar-refractivity contribution in [2.75, 3.05) is 5.32 Å². The van der Waals surface area contributed by atoms with Gasteiger partial charge in [-0.05, 0) is 29.8 Å². The Morgan fingerprint density at radius 2 is 1.38 bits per heavy atom. The smallest absolute Gasteiger partial charge is 0.335 e. The summed E-state index contributed by atoms with van der Waals surface area (Å²) in [6.07, 6.45) is 0. The van der Waals surface area contributed by atoms with Crippen LogP contribution < -0.4 is 5.32 Å². The van der Waals surface area contributed by atoms with Crippen LogP contribution in [0.3, 0.4) is 0 Å². The van der Waals surface area contributed by atoms with Crippen LogP contribution in [0.5, 0.6) is 0 Å². The number of carboxylic acids is 1. The molecule has 0 bridgehead atoms. The molecule has 0 aliphatic carbocycles. The number of halogens is 1. The van der Waals surface area contributed by atoms with E-state index in [9.17, 15) is 4.79 Å². The predicted octanol–water partition coefficient (Wildman–Crippen LogP) is 5.12. The molecule has 0 amide bonds. The van der Waals surface area contributed by atoms with Crippen molar-refractivity contribution in [3.05, 3.63) is 83.9 Å². The zero-order valence-electron chi connectivity index (χ0n) is 13.8. The first kappa shape index (κ1) is 17.7. The van der Waals surface area contributed by atoms with Gasteiger partial charge in [-0.1, -0.05) is 48.5 Å². The quantitative estimate of drug-likeness (QED) is 0.493. The van der Waals surface area contributed by atoms with Gasteiger partial charge in [0.25, 0.3) is 0 Å². The summed E-state index contributed by atoms with van der Waals surface area (Å²) in [7, 11) is 0. The Bertz CT molecular complexity index is 1020. The number of carboxylic acid groups (broad SMARTS) is 1. The SMILES string of the molecule is Cl.O=C(O)c1ccc(CNc2c3ccccc3nc3ccccc23)cc1. The molecule has 4 aromatic rings. The van der Waals surface area contributed by atoms with E-state index in [-0.39, 0.29) is 12.4 Å². The van der Waals surface area contributed by atoms with Gasteiger partial charge in [0.15, 0.2) is 0 Å². The molecule has 1 heterocycles. The molecule has 0 fully saturated rings. The minimum Gasteiger partial charge on any atom is -0.478 e.